The summed E-state index contributed by atoms with van der Waals surface area (Å²) in [4.78, 5) is 11.1. The number of aromatic carboxylic acids is 1. The molecule has 1 aromatic carbocycles. The van der Waals surface area contributed by atoms with E-state index in [1.807, 2.05) is 0 Å². The van der Waals surface area contributed by atoms with Crippen molar-refractivity contribution in [3.63, 3.8) is 0 Å². The molecule has 0 unspecified atom stereocenters. The number of hydrogen-bond donors (Lipinski definition) is 3. The summed E-state index contributed by atoms with van der Waals surface area (Å²) in [7, 11) is 0. The van der Waals surface area contributed by atoms with Gasteiger partial charge in [0.05, 0.1) is 0 Å². The molecule has 0 spiro atoms. The van der Waals surface area contributed by atoms with E-state index in [9.17, 15) is 15.0 Å². The maximum Gasteiger partial charge on any atom is 0.339 e. The number of hydrogen-bond acceptors (Lipinski definition) is 3. The van der Waals surface area contributed by atoms with Crippen molar-refractivity contribution in [2.24, 2.45) is 0 Å². The van der Waals surface area contributed by atoms with Crippen LogP contribution in [-0.4, -0.2) is 27.2 Å². The Hall–Kier alpha value is -1.42. The Morgan fingerprint density at radius 2 is 1.52 bits per heavy atom. The van der Waals surface area contributed by atoms with Crippen LogP contribution in [0.1, 0.15) is 60.9 Å². The molecule has 0 amide bonds. The zero-order valence-corrected chi connectivity index (χ0v) is 12.9. The molecule has 5 heteroatoms. The van der Waals surface area contributed by atoms with Gasteiger partial charge in [0.25, 0.3) is 0 Å². The molecule has 0 aliphatic carbocycles. The molecule has 0 heterocycles. The molecule has 0 radical (unpaired) electrons. The van der Waals surface area contributed by atoms with E-state index in [-0.39, 0.29) is 5.56 Å². The van der Waals surface area contributed by atoms with Crippen molar-refractivity contribution in [3.05, 3.63) is 23.3 Å². The molecule has 1 rings (SSSR count). The largest absolute Gasteiger partial charge is 0.504 e. The van der Waals surface area contributed by atoms with Gasteiger partial charge in [-0.3, -0.25) is 0 Å². The third-order valence-electron chi connectivity index (χ3n) is 3.54. The molecular formula is C16H23ClO4. The van der Waals surface area contributed by atoms with Crippen LogP contribution in [0, 0.1) is 0 Å². The minimum absolute atomic E-state index is 0.183. The molecule has 0 aliphatic rings. The summed E-state index contributed by atoms with van der Waals surface area (Å²) >= 11 is 5.61. The van der Waals surface area contributed by atoms with E-state index < -0.39 is 17.5 Å². The molecule has 0 bridgehead atoms. The Labute approximate surface area is 130 Å². The first-order valence-corrected chi connectivity index (χ1v) is 7.94. The predicted octanol–water partition coefficient (Wildman–Crippen LogP) is 4.31. The molecule has 1 aromatic rings. The maximum absolute atomic E-state index is 11.1. The maximum atomic E-state index is 11.1. The Bertz CT molecular complexity index is 460. The molecule has 3 N–H and O–H groups in total. The molecule has 0 fully saturated rings. The van der Waals surface area contributed by atoms with Crippen LogP contribution in [0.4, 0.5) is 0 Å². The number of carboxylic acid groups (broad SMARTS) is 1. The van der Waals surface area contributed by atoms with E-state index >= 15 is 0 Å². The fourth-order valence-corrected chi connectivity index (χ4v) is 2.55. The number of aromatic hydroxyl groups is 2. The normalized spacial score (nSPS) is 10.7. The third-order valence-corrected chi connectivity index (χ3v) is 3.80. The second kappa shape index (κ2) is 9.50. The second-order valence-corrected chi connectivity index (χ2v) is 5.56. The quantitative estimate of drug-likeness (QED) is 0.341. The highest BCUT2D eigenvalue weighted by Crippen LogP contribution is 2.32. The van der Waals surface area contributed by atoms with Crippen molar-refractivity contribution in [3.8, 4) is 11.5 Å². The number of phenols is 2. The zero-order chi connectivity index (χ0) is 15.7. The van der Waals surface area contributed by atoms with Crippen LogP contribution in [0.2, 0.25) is 0 Å². The molecule has 0 saturated carbocycles. The zero-order valence-electron chi connectivity index (χ0n) is 12.1. The van der Waals surface area contributed by atoms with Gasteiger partial charge in [0.15, 0.2) is 11.5 Å². The lowest BCUT2D eigenvalue weighted by Crippen LogP contribution is -2.03. The number of carboxylic acids is 1. The number of carbonyl (C=O) groups is 1. The molecule has 0 atom stereocenters. The lowest BCUT2D eigenvalue weighted by atomic mass is 9.99. The summed E-state index contributed by atoms with van der Waals surface area (Å²) in [6.45, 7) is 0. The van der Waals surface area contributed by atoms with Gasteiger partial charge in [-0.15, -0.1) is 11.6 Å². The number of rotatable bonds is 10. The fourth-order valence-electron chi connectivity index (χ4n) is 2.36. The highest BCUT2D eigenvalue weighted by atomic mass is 35.5. The van der Waals surface area contributed by atoms with E-state index in [1.165, 1.54) is 25.3 Å². The van der Waals surface area contributed by atoms with Gasteiger partial charge in [-0.25, -0.2) is 4.79 Å². The van der Waals surface area contributed by atoms with E-state index in [1.54, 1.807) is 6.07 Å². The highest BCUT2D eigenvalue weighted by Gasteiger charge is 2.18. The van der Waals surface area contributed by atoms with Crippen molar-refractivity contribution in [1.29, 1.82) is 0 Å². The Kier molecular flexibility index (Phi) is 7.98. The van der Waals surface area contributed by atoms with Crippen LogP contribution >= 0.6 is 11.6 Å². The lowest BCUT2D eigenvalue weighted by Gasteiger charge is -2.09. The summed E-state index contributed by atoms with van der Waals surface area (Å²) in [5.41, 5.74) is 0.386. The number of benzene rings is 1. The first kappa shape index (κ1) is 17.6. The highest BCUT2D eigenvalue weighted by molar-refractivity contribution is 6.17. The lowest BCUT2D eigenvalue weighted by molar-refractivity contribution is 0.0691. The molecule has 4 nitrogen and oxygen atoms in total. The van der Waals surface area contributed by atoms with Crippen molar-refractivity contribution < 1.29 is 20.1 Å². The molecule has 0 saturated heterocycles. The first-order chi connectivity index (χ1) is 10.1. The van der Waals surface area contributed by atoms with Crippen molar-refractivity contribution >= 4 is 17.6 Å². The fraction of sp³-hybridized carbons (Fsp3) is 0.562. The molecular weight excluding hydrogens is 292 g/mol. The van der Waals surface area contributed by atoms with Gasteiger partial charge in [0, 0.05) is 5.88 Å². The summed E-state index contributed by atoms with van der Waals surface area (Å²) in [5, 5.41) is 28.1. The average molecular weight is 315 g/mol. The molecule has 0 aliphatic heterocycles. The second-order valence-electron chi connectivity index (χ2n) is 5.19. The van der Waals surface area contributed by atoms with Gasteiger partial charge in [-0.1, -0.05) is 38.2 Å². The number of halogens is 1. The van der Waals surface area contributed by atoms with Crippen molar-refractivity contribution in [1.82, 2.24) is 0 Å². The minimum atomic E-state index is -1.21. The number of unbranched alkanes of at least 4 members (excludes halogenated alkanes) is 6. The minimum Gasteiger partial charge on any atom is -0.504 e. The Balaban J connectivity index is 2.39. The number of aryl methyl sites for hydroxylation is 1. The number of alkyl halides is 1. The number of phenolic OH excluding ortho intramolecular Hbond substituents is 1. The van der Waals surface area contributed by atoms with Crippen LogP contribution in [0.3, 0.4) is 0 Å². The van der Waals surface area contributed by atoms with Gasteiger partial charge >= 0.3 is 5.97 Å². The van der Waals surface area contributed by atoms with Crippen LogP contribution in [0.15, 0.2) is 12.1 Å². The van der Waals surface area contributed by atoms with Crippen LogP contribution in [0.5, 0.6) is 11.5 Å². The first-order valence-electron chi connectivity index (χ1n) is 7.41. The van der Waals surface area contributed by atoms with E-state index in [4.69, 9.17) is 16.7 Å². The Morgan fingerprint density at radius 1 is 0.952 bits per heavy atom. The third kappa shape index (κ3) is 5.84. The standard InChI is InChI=1S/C16H23ClO4/c17-11-7-5-3-1-2-4-6-8-12-9-10-13(18)15(19)14(12)16(20)21/h9-10,18-19H,1-8,11H2,(H,20,21). The van der Waals surface area contributed by atoms with E-state index in [2.05, 4.69) is 0 Å². The van der Waals surface area contributed by atoms with Crippen molar-refractivity contribution in [2.75, 3.05) is 5.88 Å². The van der Waals surface area contributed by atoms with Gasteiger partial charge in [0.2, 0.25) is 0 Å². The smallest absolute Gasteiger partial charge is 0.339 e. The molecule has 0 aromatic heterocycles. The average Bonchev–Trinajstić information content (AvgIpc) is 2.45. The van der Waals surface area contributed by atoms with Gasteiger partial charge < -0.3 is 15.3 Å². The summed E-state index contributed by atoms with van der Waals surface area (Å²) in [6.07, 6.45) is 8.21. The van der Waals surface area contributed by atoms with Crippen LogP contribution in [-0.2, 0) is 6.42 Å². The van der Waals surface area contributed by atoms with E-state index in [0.29, 0.717) is 12.0 Å². The van der Waals surface area contributed by atoms with E-state index in [0.717, 1.165) is 31.6 Å². The van der Waals surface area contributed by atoms with Crippen LogP contribution in [0.25, 0.3) is 0 Å². The summed E-state index contributed by atoms with van der Waals surface area (Å²) in [5.74, 6) is -1.42. The SMILES string of the molecule is O=C(O)c1c(CCCCCCCCCCl)ccc(O)c1O. The summed E-state index contributed by atoms with van der Waals surface area (Å²) < 4.78 is 0. The van der Waals surface area contributed by atoms with Gasteiger partial charge in [-0.2, -0.15) is 0 Å². The van der Waals surface area contributed by atoms with Gasteiger partial charge in [0.1, 0.15) is 5.56 Å². The molecule has 21 heavy (non-hydrogen) atoms. The Morgan fingerprint density at radius 3 is 2.10 bits per heavy atom. The van der Waals surface area contributed by atoms with Gasteiger partial charge in [-0.05, 0) is 30.9 Å². The topological polar surface area (TPSA) is 77.8 Å². The van der Waals surface area contributed by atoms with Crippen molar-refractivity contribution in [2.45, 2.75) is 51.4 Å². The summed E-state index contributed by atoms with van der Waals surface area (Å²) in [6, 6.07) is 2.91. The van der Waals surface area contributed by atoms with Crippen LogP contribution < -0.4 is 0 Å². The molecule has 118 valence electrons. The monoisotopic (exact) mass is 314 g/mol. The predicted molar refractivity (Wildman–Crippen MR) is 83.5 cm³/mol.